The molecule has 2 aliphatic rings. The Morgan fingerprint density at radius 1 is 0.900 bits per heavy atom. The minimum absolute atomic E-state index is 0.0494. The van der Waals surface area contributed by atoms with Gasteiger partial charge in [-0.15, -0.1) is 0 Å². The van der Waals surface area contributed by atoms with E-state index in [1.54, 1.807) is 12.1 Å². The number of nitrogen functional groups attached to an aromatic ring is 1. The van der Waals surface area contributed by atoms with Crippen LogP contribution in [0.4, 0.5) is 11.6 Å². The van der Waals surface area contributed by atoms with E-state index < -0.39 is 5.97 Å². The second-order valence-corrected chi connectivity index (χ2v) is 12.1. The summed E-state index contributed by atoms with van der Waals surface area (Å²) in [6.07, 6.45) is 0. The van der Waals surface area contributed by atoms with Gasteiger partial charge in [0.1, 0.15) is 32.0 Å². The van der Waals surface area contributed by atoms with Gasteiger partial charge >= 0.3 is 5.97 Å². The van der Waals surface area contributed by atoms with Crippen molar-refractivity contribution in [3.05, 3.63) is 113 Å². The summed E-state index contributed by atoms with van der Waals surface area (Å²) in [5.74, 6) is -0.202. The number of rotatable bonds is 10. The first kappa shape index (κ1) is 33.5. The standard InChI is InChI=1S/C38H36N6O6/c1-43(2)25-11-14-28-31(17-25)50-32-18-26(44(3)4)12-15-29(32)35(28)30-16-24(10-13-27(30)37(46)47)36(45)40-20-22-6-8-23(9-7-22)21-49-34-19-33(48-5)41-38(39)42-34/h6-19H,20-21H2,1-5H3,(H3-,39,40,41,42,45,46,47)/p+1. The topological polar surface area (TPSA) is 156 Å². The summed E-state index contributed by atoms with van der Waals surface area (Å²) < 4.78 is 19.2. The van der Waals surface area contributed by atoms with Crippen LogP contribution in [-0.2, 0) is 13.2 Å². The minimum Gasteiger partial charge on any atom is -0.481 e. The Morgan fingerprint density at radius 3 is 2.34 bits per heavy atom. The zero-order chi connectivity index (χ0) is 35.5. The number of ether oxygens (including phenoxy) is 2. The monoisotopic (exact) mass is 673 g/mol. The molecule has 1 aromatic heterocycles. The molecule has 0 spiro atoms. The molecule has 0 atom stereocenters. The third kappa shape index (κ3) is 7.04. The Morgan fingerprint density at radius 2 is 1.64 bits per heavy atom. The molecule has 0 saturated carbocycles. The number of amides is 1. The SMILES string of the molecule is COc1cc(OCc2ccc(CNC(=O)c3ccc(C(=O)O)c(-c4c5ccc(=[N+](C)C)cc-5oc5cc(N(C)C)ccc45)c3)cc2)nc(N)n1. The quantitative estimate of drug-likeness (QED) is 0.135. The first-order valence-electron chi connectivity index (χ1n) is 15.7. The Balaban J connectivity index is 1.29. The van der Waals surface area contributed by atoms with Crippen LogP contribution in [0.25, 0.3) is 33.4 Å². The smallest absolute Gasteiger partial charge is 0.336 e. The van der Waals surface area contributed by atoms with Crippen molar-refractivity contribution in [2.75, 3.05) is 45.9 Å². The molecule has 1 amide bonds. The average Bonchev–Trinajstić information content (AvgIpc) is 3.11. The predicted molar refractivity (Wildman–Crippen MR) is 192 cm³/mol. The van der Waals surface area contributed by atoms with E-state index in [4.69, 9.17) is 19.6 Å². The number of carbonyl (C=O) groups is 2. The van der Waals surface area contributed by atoms with Crippen molar-refractivity contribution in [1.82, 2.24) is 19.9 Å². The molecule has 254 valence electrons. The van der Waals surface area contributed by atoms with Gasteiger partial charge in [0.05, 0.1) is 24.8 Å². The summed E-state index contributed by atoms with van der Waals surface area (Å²) in [4.78, 5) is 36.1. The average molecular weight is 674 g/mol. The van der Waals surface area contributed by atoms with Crippen LogP contribution in [-0.4, -0.2) is 62.3 Å². The van der Waals surface area contributed by atoms with Crippen molar-refractivity contribution >= 4 is 34.5 Å². The molecule has 2 heterocycles. The number of carbonyl (C=O) groups excluding carboxylic acids is 1. The number of nitrogens with zero attached hydrogens (tertiary/aromatic N) is 4. The lowest BCUT2D eigenvalue weighted by atomic mass is 9.89. The van der Waals surface area contributed by atoms with E-state index in [1.807, 2.05) is 98.3 Å². The maximum absolute atomic E-state index is 13.5. The number of aromatic carboxylic acids is 1. The van der Waals surface area contributed by atoms with Crippen LogP contribution in [0.1, 0.15) is 31.8 Å². The first-order valence-corrected chi connectivity index (χ1v) is 15.7. The summed E-state index contributed by atoms with van der Waals surface area (Å²) in [6, 6.07) is 25.4. The molecule has 0 bridgehead atoms. The molecule has 1 aliphatic heterocycles. The molecule has 50 heavy (non-hydrogen) atoms. The fourth-order valence-electron chi connectivity index (χ4n) is 5.59. The van der Waals surface area contributed by atoms with E-state index in [-0.39, 0.29) is 30.6 Å². The normalized spacial score (nSPS) is 11.0. The van der Waals surface area contributed by atoms with Crippen LogP contribution < -0.4 is 35.4 Å². The second kappa shape index (κ2) is 14.0. The fraction of sp³-hybridized carbons (Fsp3) is 0.184. The summed E-state index contributed by atoms with van der Waals surface area (Å²) in [7, 11) is 9.25. The Hall–Kier alpha value is -6.43. The zero-order valence-corrected chi connectivity index (χ0v) is 28.4. The van der Waals surface area contributed by atoms with Gasteiger partial charge in [0.2, 0.25) is 23.1 Å². The van der Waals surface area contributed by atoms with Crippen molar-refractivity contribution in [2.24, 2.45) is 0 Å². The summed E-state index contributed by atoms with van der Waals surface area (Å²) in [5.41, 5.74) is 11.2. The number of carboxylic acid groups (broad SMARTS) is 1. The summed E-state index contributed by atoms with van der Waals surface area (Å²) in [5, 5.41) is 14.9. The number of aromatic nitrogens is 2. The van der Waals surface area contributed by atoms with E-state index in [1.165, 1.54) is 19.2 Å². The Labute approximate surface area is 288 Å². The largest absolute Gasteiger partial charge is 0.481 e. The Bertz CT molecular complexity index is 2280. The van der Waals surface area contributed by atoms with Crippen molar-refractivity contribution in [2.45, 2.75) is 13.2 Å². The van der Waals surface area contributed by atoms with Gasteiger partial charge < -0.3 is 34.9 Å². The highest BCUT2D eigenvalue weighted by atomic mass is 16.5. The van der Waals surface area contributed by atoms with E-state index in [2.05, 4.69) is 15.3 Å². The van der Waals surface area contributed by atoms with Gasteiger partial charge in [0.25, 0.3) is 5.91 Å². The first-order chi connectivity index (χ1) is 24.0. The number of benzene rings is 4. The summed E-state index contributed by atoms with van der Waals surface area (Å²) >= 11 is 0. The third-order valence-electron chi connectivity index (χ3n) is 8.27. The molecule has 6 rings (SSSR count). The number of hydrogen-bond donors (Lipinski definition) is 3. The van der Waals surface area contributed by atoms with Gasteiger partial charge in [0.15, 0.2) is 0 Å². The van der Waals surface area contributed by atoms with Crippen molar-refractivity contribution in [3.8, 4) is 34.2 Å². The van der Waals surface area contributed by atoms with Gasteiger partial charge in [-0.2, -0.15) is 9.97 Å². The number of anilines is 2. The van der Waals surface area contributed by atoms with Crippen LogP contribution in [0.15, 0.2) is 89.3 Å². The lowest BCUT2D eigenvalue weighted by Crippen LogP contribution is -2.23. The number of nitrogens with one attached hydrogen (secondary N) is 1. The number of nitrogens with two attached hydrogens (primary N) is 1. The third-order valence-corrected chi connectivity index (χ3v) is 8.27. The Kier molecular flexibility index (Phi) is 9.35. The van der Waals surface area contributed by atoms with Crippen LogP contribution >= 0.6 is 0 Å². The van der Waals surface area contributed by atoms with Gasteiger partial charge in [-0.25, -0.2) is 9.37 Å². The molecule has 0 saturated heterocycles. The highest BCUT2D eigenvalue weighted by Crippen LogP contribution is 2.42. The van der Waals surface area contributed by atoms with Gasteiger partial charge in [-0.05, 0) is 53.1 Å². The van der Waals surface area contributed by atoms with Crippen molar-refractivity contribution in [3.63, 3.8) is 0 Å². The van der Waals surface area contributed by atoms with Gasteiger partial charge in [-0.3, -0.25) is 4.79 Å². The van der Waals surface area contributed by atoms with E-state index >= 15 is 0 Å². The molecule has 0 unspecified atom stereocenters. The number of hydrogen-bond acceptors (Lipinski definition) is 9. The van der Waals surface area contributed by atoms with Crippen molar-refractivity contribution in [1.29, 1.82) is 0 Å². The molecular weight excluding hydrogens is 636 g/mol. The van der Waals surface area contributed by atoms with E-state index in [0.29, 0.717) is 39.8 Å². The highest BCUT2D eigenvalue weighted by molar-refractivity contribution is 6.09. The van der Waals surface area contributed by atoms with Crippen LogP contribution in [0.3, 0.4) is 0 Å². The van der Waals surface area contributed by atoms with E-state index in [0.717, 1.165) is 33.1 Å². The minimum atomic E-state index is -1.10. The molecule has 3 aromatic carbocycles. The molecule has 0 fully saturated rings. The lowest BCUT2D eigenvalue weighted by molar-refractivity contribution is 0.0697. The molecule has 4 N–H and O–H groups in total. The maximum atomic E-state index is 13.5. The number of carboxylic acids is 1. The highest BCUT2D eigenvalue weighted by Gasteiger charge is 2.24. The van der Waals surface area contributed by atoms with Crippen LogP contribution in [0.5, 0.6) is 11.8 Å². The van der Waals surface area contributed by atoms with Crippen LogP contribution in [0, 0.1) is 0 Å². The predicted octanol–water partition coefficient (Wildman–Crippen LogP) is 4.89. The van der Waals surface area contributed by atoms with Gasteiger partial charge in [-0.1, -0.05) is 24.3 Å². The van der Waals surface area contributed by atoms with Crippen LogP contribution in [0.2, 0.25) is 0 Å². The molecule has 1 aliphatic carbocycles. The molecule has 12 nitrogen and oxygen atoms in total. The number of methoxy groups -OCH3 is 1. The summed E-state index contributed by atoms with van der Waals surface area (Å²) in [6.45, 7) is 0.500. The number of fused-ring (bicyclic) bond motifs is 2. The lowest BCUT2D eigenvalue weighted by Gasteiger charge is -2.19. The van der Waals surface area contributed by atoms with Crippen molar-refractivity contribution < 1.29 is 28.6 Å². The second-order valence-electron chi connectivity index (χ2n) is 12.1. The van der Waals surface area contributed by atoms with E-state index in [9.17, 15) is 14.7 Å². The fourth-order valence-corrected chi connectivity index (χ4v) is 5.59. The molecular formula is C38H37N6O6+. The zero-order valence-electron chi connectivity index (χ0n) is 28.4. The molecule has 0 radical (unpaired) electrons. The van der Waals surface area contributed by atoms with Gasteiger partial charge in [0, 0.05) is 60.5 Å². The maximum Gasteiger partial charge on any atom is 0.336 e. The molecule has 4 aromatic rings. The molecule has 12 heteroatoms.